The van der Waals surface area contributed by atoms with E-state index in [9.17, 15) is 4.79 Å². The molecule has 1 aromatic carbocycles. The van der Waals surface area contributed by atoms with E-state index in [0.29, 0.717) is 35.0 Å². The zero-order chi connectivity index (χ0) is 18.0. The van der Waals surface area contributed by atoms with Crippen LogP contribution in [-0.2, 0) is 6.61 Å². The molecule has 0 spiro atoms. The number of aryl methyl sites for hydroxylation is 1. The summed E-state index contributed by atoms with van der Waals surface area (Å²) < 4.78 is 10.5. The molecule has 134 valence electrons. The Labute approximate surface area is 147 Å². The molecule has 2 atom stereocenters. The first-order chi connectivity index (χ1) is 11.9. The van der Waals surface area contributed by atoms with Crippen LogP contribution >= 0.6 is 0 Å². The number of carbonyl (C=O) groups excluding carboxylic acids is 1. The second-order valence-electron chi connectivity index (χ2n) is 6.76. The van der Waals surface area contributed by atoms with Crippen molar-refractivity contribution in [2.75, 3.05) is 27.2 Å². The maximum Gasteiger partial charge on any atom is 0.253 e. The van der Waals surface area contributed by atoms with E-state index in [1.807, 2.05) is 4.90 Å². The predicted molar refractivity (Wildman–Crippen MR) is 92.4 cm³/mol. The van der Waals surface area contributed by atoms with Crippen molar-refractivity contribution in [2.24, 2.45) is 5.92 Å². The standard InChI is InChI=1S/C18H24N4O3/c1-12-9-22(10-16(12)21(3)4)18(23)14-5-7-15(8-6-14)24-11-17-19-13(2)25-20-17/h5-8,12,16H,9-11H2,1-4H3/t12-,16+/m1/s1. The van der Waals surface area contributed by atoms with Gasteiger partial charge in [-0.15, -0.1) is 0 Å². The van der Waals surface area contributed by atoms with Crippen LogP contribution in [0.3, 0.4) is 0 Å². The SMILES string of the molecule is Cc1nc(COc2ccc(C(=O)N3C[C@@H](C)[C@@H](N(C)C)C3)cc2)no1. The highest BCUT2D eigenvalue weighted by atomic mass is 16.5. The smallest absolute Gasteiger partial charge is 0.253 e. The van der Waals surface area contributed by atoms with Gasteiger partial charge in [-0.2, -0.15) is 4.98 Å². The first-order valence-electron chi connectivity index (χ1n) is 8.42. The second kappa shape index (κ2) is 7.23. The fourth-order valence-electron chi connectivity index (χ4n) is 3.21. The third-order valence-corrected chi connectivity index (χ3v) is 4.56. The fraction of sp³-hybridized carbons (Fsp3) is 0.500. The van der Waals surface area contributed by atoms with Crippen LogP contribution in [0, 0.1) is 12.8 Å². The van der Waals surface area contributed by atoms with Crippen molar-refractivity contribution in [3.63, 3.8) is 0 Å². The summed E-state index contributed by atoms with van der Waals surface area (Å²) in [6, 6.07) is 7.59. The van der Waals surface area contributed by atoms with Gasteiger partial charge < -0.3 is 19.1 Å². The number of hydrogen-bond donors (Lipinski definition) is 0. The van der Waals surface area contributed by atoms with Gasteiger partial charge in [0.1, 0.15) is 5.75 Å². The quantitative estimate of drug-likeness (QED) is 0.826. The van der Waals surface area contributed by atoms with Crippen molar-refractivity contribution in [1.29, 1.82) is 0 Å². The maximum atomic E-state index is 12.7. The van der Waals surface area contributed by atoms with Crippen LogP contribution in [0.2, 0.25) is 0 Å². The van der Waals surface area contributed by atoms with E-state index in [4.69, 9.17) is 9.26 Å². The number of ether oxygens (including phenoxy) is 1. The van der Waals surface area contributed by atoms with E-state index in [0.717, 1.165) is 13.1 Å². The predicted octanol–water partition coefficient (Wildman–Crippen LogP) is 1.98. The molecule has 0 N–H and O–H groups in total. The number of aromatic nitrogens is 2. The average Bonchev–Trinajstić information content (AvgIpc) is 3.18. The summed E-state index contributed by atoms with van der Waals surface area (Å²) in [4.78, 5) is 20.9. The summed E-state index contributed by atoms with van der Waals surface area (Å²) in [6.45, 7) is 5.71. The van der Waals surface area contributed by atoms with Crippen molar-refractivity contribution >= 4 is 5.91 Å². The van der Waals surface area contributed by atoms with Crippen LogP contribution in [0.4, 0.5) is 0 Å². The van der Waals surface area contributed by atoms with Crippen molar-refractivity contribution in [2.45, 2.75) is 26.5 Å². The average molecular weight is 344 g/mol. The molecule has 2 aromatic rings. The summed E-state index contributed by atoms with van der Waals surface area (Å²) >= 11 is 0. The Morgan fingerprint density at radius 1 is 1.32 bits per heavy atom. The molecular formula is C18H24N4O3. The van der Waals surface area contributed by atoms with Crippen LogP contribution in [0.5, 0.6) is 5.75 Å². The van der Waals surface area contributed by atoms with E-state index < -0.39 is 0 Å². The Hall–Kier alpha value is -2.41. The largest absolute Gasteiger partial charge is 0.485 e. The molecule has 0 unspecified atom stereocenters. The van der Waals surface area contributed by atoms with Crippen molar-refractivity contribution in [3.8, 4) is 5.75 Å². The van der Waals surface area contributed by atoms with Gasteiger partial charge in [-0.25, -0.2) is 0 Å². The third-order valence-electron chi connectivity index (χ3n) is 4.56. The molecule has 0 bridgehead atoms. The van der Waals surface area contributed by atoms with Crippen LogP contribution in [0.15, 0.2) is 28.8 Å². The minimum atomic E-state index is 0.0662. The molecule has 7 nitrogen and oxygen atoms in total. The highest BCUT2D eigenvalue weighted by Gasteiger charge is 2.33. The van der Waals surface area contributed by atoms with Crippen LogP contribution in [0.25, 0.3) is 0 Å². The molecule has 2 heterocycles. The van der Waals surface area contributed by atoms with E-state index in [1.165, 1.54) is 0 Å². The normalized spacial score (nSPS) is 20.3. The van der Waals surface area contributed by atoms with Crippen LogP contribution in [0.1, 0.15) is 29.0 Å². The van der Waals surface area contributed by atoms with Gasteiger partial charge in [0.25, 0.3) is 5.91 Å². The van der Waals surface area contributed by atoms with E-state index in [2.05, 4.69) is 36.1 Å². The highest BCUT2D eigenvalue weighted by molar-refractivity contribution is 5.94. The van der Waals surface area contributed by atoms with Crippen molar-refractivity contribution in [1.82, 2.24) is 19.9 Å². The topological polar surface area (TPSA) is 71.7 Å². The number of nitrogens with zero attached hydrogens (tertiary/aromatic N) is 4. The van der Waals surface area contributed by atoms with Gasteiger partial charge >= 0.3 is 0 Å². The summed E-state index contributed by atoms with van der Waals surface area (Å²) in [7, 11) is 4.12. The maximum absolute atomic E-state index is 12.7. The zero-order valence-electron chi connectivity index (χ0n) is 15.1. The van der Waals surface area contributed by atoms with Gasteiger partial charge in [0, 0.05) is 31.6 Å². The fourth-order valence-corrected chi connectivity index (χ4v) is 3.21. The molecule has 1 amide bonds. The van der Waals surface area contributed by atoms with Gasteiger partial charge in [-0.1, -0.05) is 12.1 Å². The zero-order valence-corrected chi connectivity index (χ0v) is 15.1. The second-order valence-corrected chi connectivity index (χ2v) is 6.76. The number of amides is 1. The first kappa shape index (κ1) is 17.4. The first-order valence-corrected chi connectivity index (χ1v) is 8.42. The summed E-state index contributed by atoms with van der Waals surface area (Å²) in [5.74, 6) is 2.21. The Kier molecular flexibility index (Phi) is 5.03. The molecule has 25 heavy (non-hydrogen) atoms. The Morgan fingerprint density at radius 3 is 2.60 bits per heavy atom. The Morgan fingerprint density at radius 2 is 2.04 bits per heavy atom. The summed E-state index contributed by atoms with van der Waals surface area (Å²) in [6.07, 6.45) is 0. The summed E-state index contributed by atoms with van der Waals surface area (Å²) in [5, 5.41) is 3.78. The minimum absolute atomic E-state index is 0.0662. The lowest BCUT2D eigenvalue weighted by atomic mass is 10.1. The molecule has 3 rings (SSSR count). The molecule has 1 saturated heterocycles. The number of likely N-dealkylation sites (N-methyl/N-ethyl adjacent to an activating group) is 1. The van der Waals surface area contributed by atoms with E-state index in [-0.39, 0.29) is 12.5 Å². The summed E-state index contributed by atoms with van der Waals surface area (Å²) in [5.41, 5.74) is 0.675. The third kappa shape index (κ3) is 3.99. The highest BCUT2D eigenvalue weighted by Crippen LogP contribution is 2.23. The molecule has 1 fully saturated rings. The molecule has 1 aliphatic rings. The molecule has 1 aromatic heterocycles. The lowest BCUT2D eigenvalue weighted by Crippen LogP contribution is -2.35. The lowest BCUT2D eigenvalue weighted by Gasteiger charge is -2.22. The van der Waals surface area contributed by atoms with Crippen LogP contribution in [-0.4, -0.2) is 59.1 Å². The van der Waals surface area contributed by atoms with E-state index >= 15 is 0 Å². The van der Waals surface area contributed by atoms with Gasteiger partial charge in [-0.3, -0.25) is 4.79 Å². The lowest BCUT2D eigenvalue weighted by molar-refractivity contribution is 0.0781. The number of likely N-dealkylation sites (tertiary alicyclic amines) is 1. The van der Waals surface area contributed by atoms with Crippen LogP contribution < -0.4 is 4.74 Å². The molecule has 0 saturated carbocycles. The molecule has 0 radical (unpaired) electrons. The number of benzene rings is 1. The number of hydrogen-bond acceptors (Lipinski definition) is 6. The Balaban J connectivity index is 1.59. The molecule has 0 aliphatic carbocycles. The van der Waals surface area contributed by atoms with Gasteiger partial charge in [0.05, 0.1) is 0 Å². The van der Waals surface area contributed by atoms with Gasteiger partial charge in [-0.05, 0) is 44.3 Å². The van der Waals surface area contributed by atoms with Crippen molar-refractivity contribution < 1.29 is 14.1 Å². The Bertz CT molecular complexity index is 726. The van der Waals surface area contributed by atoms with Gasteiger partial charge in [0.2, 0.25) is 11.7 Å². The minimum Gasteiger partial charge on any atom is -0.485 e. The number of carbonyl (C=O) groups is 1. The molecule has 1 aliphatic heterocycles. The molecule has 7 heteroatoms. The van der Waals surface area contributed by atoms with Crippen molar-refractivity contribution in [3.05, 3.63) is 41.5 Å². The molecular weight excluding hydrogens is 320 g/mol. The number of rotatable bonds is 5. The van der Waals surface area contributed by atoms with Gasteiger partial charge in [0.15, 0.2) is 6.61 Å². The monoisotopic (exact) mass is 344 g/mol. The van der Waals surface area contributed by atoms with E-state index in [1.54, 1.807) is 31.2 Å².